The third-order valence-electron chi connectivity index (χ3n) is 4.46. The van der Waals surface area contributed by atoms with E-state index in [1.165, 1.54) is 13.0 Å². The van der Waals surface area contributed by atoms with Crippen molar-refractivity contribution in [1.82, 2.24) is 5.32 Å². The lowest BCUT2D eigenvalue weighted by Gasteiger charge is -2.18. The molecule has 0 aliphatic carbocycles. The summed E-state index contributed by atoms with van der Waals surface area (Å²) < 4.78 is 21.0. The lowest BCUT2D eigenvalue weighted by atomic mass is 10.1. The van der Waals surface area contributed by atoms with Crippen LogP contribution in [0.1, 0.15) is 22.8 Å². The van der Waals surface area contributed by atoms with Gasteiger partial charge in [0.05, 0.1) is 7.11 Å². The highest BCUT2D eigenvalue weighted by atomic mass is 16.6. The summed E-state index contributed by atoms with van der Waals surface area (Å²) >= 11 is 0. The quantitative estimate of drug-likeness (QED) is 0.394. The van der Waals surface area contributed by atoms with Gasteiger partial charge in [0.1, 0.15) is 25.0 Å². The molecule has 2 aromatic carbocycles. The van der Waals surface area contributed by atoms with E-state index in [1.54, 1.807) is 55.7 Å². The number of methoxy groups -OCH3 is 1. The van der Waals surface area contributed by atoms with Crippen LogP contribution in [0, 0.1) is 0 Å². The molecule has 0 radical (unpaired) electrons. The molecule has 31 heavy (non-hydrogen) atoms. The first kappa shape index (κ1) is 21.9. The van der Waals surface area contributed by atoms with Crippen LogP contribution in [0.15, 0.2) is 48.5 Å². The maximum absolute atomic E-state index is 12.3. The number of amides is 1. The second kappa shape index (κ2) is 10.3. The highest BCUT2D eigenvalue weighted by Crippen LogP contribution is 2.30. The molecular weight excluding hydrogens is 402 g/mol. The van der Waals surface area contributed by atoms with Gasteiger partial charge < -0.3 is 24.3 Å². The largest absolute Gasteiger partial charge is 0.497 e. The smallest absolute Gasteiger partial charge is 0.328 e. The van der Waals surface area contributed by atoms with Crippen LogP contribution in [0.25, 0.3) is 6.08 Å². The Morgan fingerprint density at radius 3 is 2.48 bits per heavy atom. The van der Waals surface area contributed by atoms with Gasteiger partial charge in [-0.15, -0.1) is 0 Å². The number of esters is 1. The summed E-state index contributed by atoms with van der Waals surface area (Å²) in [5.41, 5.74) is 1.15. The maximum atomic E-state index is 12.3. The van der Waals surface area contributed by atoms with Crippen LogP contribution in [-0.2, 0) is 14.3 Å². The topological polar surface area (TPSA) is 100 Å². The molecule has 2 aromatic rings. The summed E-state index contributed by atoms with van der Waals surface area (Å²) in [5, 5.41) is 2.50. The van der Waals surface area contributed by atoms with Crippen LogP contribution in [0.3, 0.4) is 0 Å². The van der Waals surface area contributed by atoms with E-state index in [4.69, 9.17) is 18.9 Å². The third-order valence-corrected chi connectivity index (χ3v) is 4.46. The predicted molar refractivity (Wildman–Crippen MR) is 112 cm³/mol. The lowest BCUT2D eigenvalue weighted by Crippen LogP contribution is -2.39. The van der Waals surface area contributed by atoms with Crippen LogP contribution in [0.5, 0.6) is 17.2 Å². The Labute approximate surface area is 179 Å². The molecule has 1 heterocycles. The second-order valence-corrected chi connectivity index (χ2v) is 6.73. The van der Waals surface area contributed by atoms with Gasteiger partial charge in [0.2, 0.25) is 5.91 Å². The normalized spacial score (nSPS) is 13.4. The average Bonchev–Trinajstić information content (AvgIpc) is 2.80. The van der Waals surface area contributed by atoms with E-state index in [2.05, 4.69) is 5.32 Å². The fourth-order valence-electron chi connectivity index (χ4n) is 2.77. The molecule has 162 valence electrons. The molecule has 3 rings (SSSR count). The van der Waals surface area contributed by atoms with E-state index < -0.39 is 24.5 Å². The Hall–Kier alpha value is -3.81. The van der Waals surface area contributed by atoms with Gasteiger partial charge in [0.15, 0.2) is 23.9 Å². The molecule has 1 atom stereocenters. The SMILES string of the molecule is COc1ccc(/C=C/C(=O)N[C@@H](C)C(=O)OCC(=O)c2ccc3c(c2)OCCO3)cc1. The van der Waals surface area contributed by atoms with Gasteiger partial charge in [-0.05, 0) is 48.9 Å². The van der Waals surface area contributed by atoms with Crippen LogP contribution in [0.4, 0.5) is 0 Å². The first-order chi connectivity index (χ1) is 15.0. The highest BCUT2D eigenvalue weighted by Gasteiger charge is 2.19. The van der Waals surface area contributed by atoms with Crippen LogP contribution in [-0.4, -0.2) is 50.6 Å². The fraction of sp³-hybridized carbons (Fsp3) is 0.261. The number of carbonyl (C=O) groups excluding carboxylic acids is 3. The van der Waals surface area contributed by atoms with E-state index in [9.17, 15) is 14.4 Å². The zero-order chi connectivity index (χ0) is 22.2. The Bertz CT molecular complexity index is 982. The van der Waals surface area contributed by atoms with Crippen LogP contribution < -0.4 is 19.5 Å². The summed E-state index contributed by atoms with van der Waals surface area (Å²) in [6, 6.07) is 11.0. The maximum Gasteiger partial charge on any atom is 0.328 e. The lowest BCUT2D eigenvalue weighted by molar-refractivity contribution is -0.145. The van der Waals surface area contributed by atoms with Gasteiger partial charge in [-0.3, -0.25) is 9.59 Å². The molecule has 8 nitrogen and oxygen atoms in total. The molecule has 0 aromatic heterocycles. The summed E-state index contributed by atoms with van der Waals surface area (Å²) in [4.78, 5) is 36.5. The van der Waals surface area contributed by atoms with Crippen molar-refractivity contribution in [2.45, 2.75) is 13.0 Å². The van der Waals surface area contributed by atoms with Crippen molar-refractivity contribution in [1.29, 1.82) is 0 Å². The predicted octanol–water partition coefficient (Wildman–Crippen LogP) is 2.41. The van der Waals surface area contributed by atoms with Crippen molar-refractivity contribution in [3.8, 4) is 17.2 Å². The van der Waals surface area contributed by atoms with Gasteiger partial charge in [-0.1, -0.05) is 12.1 Å². The number of ether oxygens (including phenoxy) is 4. The number of fused-ring (bicyclic) bond motifs is 1. The fourth-order valence-corrected chi connectivity index (χ4v) is 2.77. The number of benzene rings is 2. The number of nitrogens with one attached hydrogen (secondary N) is 1. The summed E-state index contributed by atoms with van der Waals surface area (Å²) in [7, 11) is 1.57. The second-order valence-electron chi connectivity index (χ2n) is 6.73. The van der Waals surface area contributed by atoms with Gasteiger partial charge in [0.25, 0.3) is 0 Å². The monoisotopic (exact) mass is 425 g/mol. The zero-order valence-electron chi connectivity index (χ0n) is 17.3. The Kier molecular flexibility index (Phi) is 7.26. The number of hydrogen-bond acceptors (Lipinski definition) is 7. The standard InChI is InChI=1S/C23H23NO7/c1-15(24-22(26)10-5-16-3-7-18(28-2)8-4-16)23(27)31-14-19(25)17-6-9-20-21(13-17)30-12-11-29-20/h3-10,13,15H,11-12,14H2,1-2H3,(H,24,26)/b10-5+/t15-/m0/s1. The van der Waals surface area contributed by atoms with Gasteiger partial charge in [-0.2, -0.15) is 0 Å². The molecule has 0 saturated carbocycles. The minimum atomic E-state index is -0.916. The Balaban J connectivity index is 1.46. The van der Waals surface area contributed by atoms with Crippen molar-refractivity contribution in [2.24, 2.45) is 0 Å². The van der Waals surface area contributed by atoms with Gasteiger partial charge in [0, 0.05) is 11.6 Å². The highest BCUT2D eigenvalue weighted by molar-refractivity contribution is 5.99. The Morgan fingerprint density at radius 2 is 1.77 bits per heavy atom. The van der Waals surface area contributed by atoms with E-state index >= 15 is 0 Å². The summed E-state index contributed by atoms with van der Waals surface area (Å²) in [5.74, 6) is 0.203. The summed E-state index contributed by atoms with van der Waals surface area (Å²) in [6.45, 7) is 1.90. The van der Waals surface area contributed by atoms with Crippen molar-refractivity contribution < 1.29 is 33.3 Å². The molecule has 0 fully saturated rings. The minimum Gasteiger partial charge on any atom is -0.497 e. The van der Waals surface area contributed by atoms with E-state index in [1.807, 2.05) is 0 Å². The third kappa shape index (κ3) is 6.08. The molecule has 0 unspecified atom stereocenters. The molecule has 1 aliphatic rings. The average molecular weight is 425 g/mol. The van der Waals surface area contributed by atoms with Crippen molar-refractivity contribution in [3.63, 3.8) is 0 Å². The number of rotatable bonds is 8. The summed E-state index contributed by atoms with van der Waals surface area (Å²) in [6.07, 6.45) is 2.92. The Morgan fingerprint density at radius 1 is 1.06 bits per heavy atom. The van der Waals surface area contributed by atoms with Crippen molar-refractivity contribution >= 4 is 23.7 Å². The van der Waals surface area contributed by atoms with Crippen LogP contribution in [0.2, 0.25) is 0 Å². The minimum absolute atomic E-state index is 0.344. The first-order valence-corrected chi connectivity index (χ1v) is 9.68. The van der Waals surface area contributed by atoms with E-state index in [0.29, 0.717) is 36.0 Å². The first-order valence-electron chi connectivity index (χ1n) is 9.68. The van der Waals surface area contributed by atoms with Crippen molar-refractivity contribution in [2.75, 3.05) is 26.9 Å². The number of carbonyl (C=O) groups is 3. The molecule has 0 bridgehead atoms. The zero-order valence-corrected chi connectivity index (χ0v) is 17.3. The van der Waals surface area contributed by atoms with Gasteiger partial charge in [-0.25, -0.2) is 4.79 Å². The van der Waals surface area contributed by atoms with Crippen molar-refractivity contribution in [3.05, 3.63) is 59.7 Å². The number of Topliss-reactive ketones (excluding diaryl/α,β-unsaturated/α-hetero) is 1. The number of hydrogen-bond donors (Lipinski definition) is 1. The molecule has 1 aliphatic heterocycles. The molecule has 1 amide bonds. The molecule has 0 saturated heterocycles. The molecule has 1 N–H and O–H groups in total. The van der Waals surface area contributed by atoms with Crippen LogP contribution >= 0.6 is 0 Å². The molecule has 8 heteroatoms. The number of ketones is 1. The molecule has 0 spiro atoms. The van der Waals surface area contributed by atoms with E-state index in [-0.39, 0.29) is 5.78 Å². The van der Waals surface area contributed by atoms with E-state index in [0.717, 1.165) is 5.56 Å². The van der Waals surface area contributed by atoms with Gasteiger partial charge >= 0.3 is 5.97 Å². The molecular formula is C23H23NO7.